The van der Waals surface area contributed by atoms with Crippen molar-refractivity contribution in [3.63, 3.8) is 0 Å². The highest BCUT2D eigenvalue weighted by atomic mass is 16.6. The van der Waals surface area contributed by atoms with Gasteiger partial charge in [-0.2, -0.15) is 0 Å². The number of carbonyl (C=O) groups excluding carboxylic acids is 1. The van der Waals surface area contributed by atoms with Crippen LogP contribution in [0.1, 0.15) is 70.0 Å². The summed E-state index contributed by atoms with van der Waals surface area (Å²) in [6.45, 7) is 9.78. The van der Waals surface area contributed by atoms with E-state index in [0.717, 1.165) is 59.6 Å². The van der Waals surface area contributed by atoms with E-state index in [1.807, 2.05) is 63.4 Å². The average molecular weight is 613 g/mol. The van der Waals surface area contributed by atoms with Crippen LogP contribution in [0.4, 0.5) is 17.2 Å². The third-order valence-electron chi connectivity index (χ3n) is 8.73. The Labute approximate surface area is 267 Å². The molecule has 3 aromatic rings. The van der Waals surface area contributed by atoms with Crippen molar-refractivity contribution >= 4 is 23.6 Å². The number of aromatic nitrogens is 2. The first-order valence-corrected chi connectivity index (χ1v) is 15.8. The minimum atomic E-state index is -0.214. The Kier molecular flexibility index (Phi) is 11.6. The van der Waals surface area contributed by atoms with Crippen LogP contribution in [0.25, 0.3) is 11.3 Å². The lowest BCUT2D eigenvalue weighted by atomic mass is 10.0. The highest BCUT2D eigenvalue weighted by molar-refractivity contribution is 5.72. The molecule has 0 saturated carbocycles. The summed E-state index contributed by atoms with van der Waals surface area (Å²) in [6.07, 6.45) is 10.8. The molecule has 45 heavy (non-hydrogen) atoms. The van der Waals surface area contributed by atoms with Gasteiger partial charge < -0.3 is 19.6 Å². The maximum atomic E-state index is 13.1. The van der Waals surface area contributed by atoms with Crippen LogP contribution in [0.3, 0.4) is 0 Å². The fourth-order valence-corrected chi connectivity index (χ4v) is 5.50. The molecule has 0 aliphatic heterocycles. The van der Waals surface area contributed by atoms with Crippen LogP contribution in [-0.2, 0) is 16.7 Å². The van der Waals surface area contributed by atoms with E-state index in [4.69, 9.17) is 9.82 Å². The molecule has 4 rings (SSSR count). The molecule has 1 aliphatic carbocycles. The molecule has 0 bridgehead atoms. The summed E-state index contributed by atoms with van der Waals surface area (Å²) < 4.78 is 1.55. The Hall–Kier alpha value is -4.37. The van der Waals surface area contributed by atoms with Crippen molar-refractivity contribution in [3.8, 4) is 11.3 Å². The standard InChI is InChI=1S/C36H48N6O3/c1-25-12-9-8-10-13-30(25)22-26(2)45-39-33-15-11-14-32(27(33)3)34-23-42(7)36(44)35(38-34)37-31-18-16-29(17-19-31)28(4)41(6)21-20-40(5)24-43/h11,14-19,22-24,28,39H,8-10,12-13,20-21H2,1-7H3,(H,37,38)/b26-22+. The molecule has 1 unspecified atom stereocenters. The SMILES string of the molecule is CC1=C(/C=C(\C)ONc2cccc(-c3cn(C)c(=O)c(Nc4ccc(C(C)N(C)CCN(C)C=O)cc4)n3)c2C)CCCCC1. The van der Waals surface area contributed by atoms with Crippen LogP contribution in [-0.4, -0.2) is 52.9 Å². The predicted octanol–water partition coefficient (Wildman–Crippen LogP) is 7.11. The second-order valence-electron chi connectivity index (χ2n) is 12.2. The summed E-state index contributed by atoms with van der Waals surface area (Å²) in [4.78, 5) is 38.5. The van der Waals surface area contributed by atoms with E-state index in [2.05, 4.69) is 35.6 Å². The van der Waals surface area contributed by atoms with Gasteiger partial charge in [-0.1, -0.05) is 36.3 Å². The summed E-state index contributed by atoms with van der Waals surface area (Å²) in [5.41, 5.74) is 11.1. The lowest BCUT2D eigenvalue weighted by Crippen LogP contribution is -2.31. The van der Waals surface area contributed by atoms with Crippen molar-refractivity contribution in [1.29, 1.82) is 0 Å². The van der Waals surface area contributed by atoms with Gasteiger partial charge in [0.15, 0.2) is 5.82 Å². The van der Waals surface area contributed by atoms with E-state index in [9.17, 15) is 9.59 Å². The molecule has 9 nitrogen and oxygen atoms in total. The fraction of sp³-hybridized carbons (Fsp3) is 0.417. The van der Waals surface area contributed by atoms with Gasteiger partial charge in [0, 0.05) is 50.7 Å². The third kappa shape index (κ3) is 8.85. The number of rotatable bonds is 13. The Bertz CT molecular complexity index is 1590. The van der Waals surface area contributed by atoms with Gasteiger partial charge in [-0.25, -0.2) is 10.5 Å². The minimum Gasteiger partial charge on any atom is -0.387 e. The van der Waals surface area contributed by atoms with Gasteiger partial charge in [0.25, 0.3) is 5.56 Å². The number of amides is 1. The number of hydrogen-bond acceptors (Lipinski definition) is 7. The van der Waals surface area contributed by atoms with E-state index in [1.54, 1.807) is 29.8 Å². The first kappa shape index (κ1) is 33.5. The number of aryl methyl sites for hydroxylation is 1. The average Bonchev–Trinajstić information content (AvgIpc) is 3.24. The highest BCUT2D eigenvalue weighted by Crippen LogP contribution is 2.29. The van der Waals surface area contributed by atoms with Crippen molar-refractivity contribution in [1.82, 2.24) is 19.4 Å². The number of allylic oxidation sites excluding steroid dienone is 4. The molecule has 1 aromatic heterocycles. The van der Waals surface area contributed by atoms with E-state index in [-0.39, 0.29) is 17.4 Å². The summed E-state index contributed by atoms with van der Waals surface area (Å²) in [7, 11) is 5.56. The van der Waals surface area contributed by atoms with Gasteiger partial charge in [-0.15, -0.1) is 0 Å². The lowest BCUT2D eigenvalue weighted by Gasteiger charge is -2.26. The minimum absolute atomic E-state index is 0.165. The number of benzene rings is 2. The number of anilines is 3. The molecule has 1 heterocycles. The zero-order valence-electron chi connectivity index (χ0n) is 27.8. The van der Waals surface area contributed by atoms with Crippen LogP contribution in [0.15, 0.2) is 76.4 Å². The number of hydrogen-bond donors (Lipinski definition) is 2. The summed E-state index contributed by atoms with van der Waals surface area (Å²) in [5.74, 6) is 1.07. The van der Waals surface area contributed by atoms with Crippen molar-refractivity contribution < 1.29 is 9.63 Å². The molecular formula is C36H48N6O3. The van der Waals surface area contributed by atoms with Gasteiger partial charge in [0.1, 0.15) is 5.76 Å². The van der Waals surface area contributed by atoms with E-state index >= 15 is 0 Å². The van der Waals surface area contributed by atoms with Crippen LogP contribution in [0.2, 0.25) is 0 Å². The Morgan fingerprint density at radius 3 is 2.53 bits per heavy atom. The molecule has 9 heteroatoms. The molecule has 1 aliphatic rings. The molecule has 2 N–H and O–H groups in total. The van der Waals surface area contributed by atoms with Gasteiger partial charge in [-0.05, 0) is 101 Å². The number of nitrogens with zero attached hydrogens (tertiary/aromatic N) is 4. The molecule has 240 valence electrons. The topological polar surface area (TPSA) is 91.7 Å². The summed E-state index contributed by atoms with van der Waals surface area (Å²) in [6, 6.07) is 14.1. The largest absolute Gasteiger partial charge is 0.387 e. The predicted molar refractivity (Wildman–Crippen MR) is 183 cm³/mol. The van der Waals surface area contributed by atoms with Gasteiger partial charge in [-0.3, -0.25) is 14.5 Å². The second-order valence-corrected chi connectivity index (χ2v) is 12.2. The van der Waals surface area contributed by atoms with Crippen molar-refractivity contribution in [3.05, 3.63) is 93.1 Å². The molecule has 0 fully saturated rings. The lowest BCUT2D eigenvalue weighted by molar-refractivity contribution is -0.117. The smallest absolute Gasteiger partial charge is 0.293 e. The number of carbonyl (C=O) groups is 1. The molecule has 0 spiro atoms. The maximum Gasteiger partial charge on any atom is 0.293 e. The van der Waals surface area contributed by atoms with Crippen LogP contribution in [0.5, 0.6) is 0 Å². The fourth-order valence-electron chi connectivity index (χ4n) is 5.50. The monoisotopic (exact) mass is 612 g/mol. The van der Waals surface area contributed by atoms with E-state index in [0.29, 0.717) is 12.2 Å². The zero-order chi connectivity index (χ0) is 32.5. The Morgan fingerprint density at radius 1 is 1.07 bits per heavy atom. The van der Waals surface area contributed by atoms with E-state index < -0.39 is 0 Å². The maximum absolute atomic E-state index is 13.1. The summed E-state index contributed by atoms with van der Waals surface area (Å²) >= 11 is 0. The van der Waals surface area contributed by atoms with Crippen molar-refractivity contribution in [2.75, 3.05) is 38.0 Å². The second kappa shape index (κ2) is 15.6. The van der Waals surface area contributed by atoms with Gasteiger partial charge in [0.05, 0.1) is 11.4 Å². The molecular weight excluding hydrogens is 564 g/mol. The van der Waals surface area contributed by atoms with Crippen molar-refractivity contribution in [2.24, 2.45) is 7.05 Å². The van der Waals surface area contributed by atoms with Crippen LogP contribution in [0, 0.1) is 6.92 Å². The molecule has 2 aromatic carbocycles. The first-order valence-electron chi connectivity index (χ1n) is 15.8. The quantitative estimate of drug-likeness (QED) is 0.121. The Balaban J connectivity index is 1.49. The normalized spacial score (nSPS) is 14.6. The van der Waals surface area contributed by atoms with Crippen molar-refractivity contribution in [2.45, 2.75) is 65.8 Å². The number of nitrogens with one attached hydrogen (secondary N) is 2. The molecule has 1 amide bonds. The van der Waals surface area contributed by atoms with E-state index in [1.165, 1.54) is 30.4 Å². The molecule has 0 saturated heterocycles. The highest BCUT2D eigenvalue weighted by Gasteiger charge is 2.15. The first-order chi connectivity index (χ1) is 21.6. The van der Waals surface area contributed by atoms with Gasteiger partial charge in [0.2, 0.25) is 6.41 Å². The Morgan fingerprint density at radius 2 is 1.80 bits per heavy atom. The summed E-state index contributed by atoms with van der Waals surface area (Å²) in [5, 5.41) is 3.23. The molecule has 1 atom stereocenters. The molecule has 0 radical (unpaired) electrons. The van der Waals surface area contributed by atoms with Crippen LogP contribution < -0.4 is 16.4 Å². The zero-order valence-corrected chi connectivity index (χ0v) is 27.8. The number of likely N-dealkylation sites (N-methyl/N-ethyl adjacent to an activating group) is 2. The third-order valence-corrected chi connectivity index (χ3v) is 8.73. The van der Waals surface area contributed by atoms with Gasteiger partial charge >= 0.3 is 0 Å². The van der Waals surface area contributed by atoms with Crippen LogP contribution >= 0.6 is 0 Å².